The van der Waals surface area contributed by atoms with E-state index in [1.807, 2.05) is 20.8 Å². The number of carbonyl (C=O) groups is 1. The quantitative estimate of drug-likeness (QED) is 0.725. The zero-order valence-corrected chi connectivity index (χ0v) is 10.6. The SMILES string of the molecule is CC(C)NC(=O)C(C)NCC1CC1(C)C. The number of nitrogens with one attached hydrogen (secondary N) is 2. The van der Waals surface area contributed by atoms with Crippen LogP contribution in [0.3, 0.4) is 0 Å². The molecular weight excluding hydrogens is 188 g/mol. The summed E-state index contributed by atoms with van der Waals surface area (Å²) in [7, 11) is 0. The van der Waals surface area contributed by atoms with Crippen LogP contribution in [0.15, 0.2) is 0 Å². The van der Waals surface area contributed by atoms with Crippen LogP contribution in [-0.2, 0) is 4.79 Å². The topological polar surface area (TPSA) is 41.1 Å². The van der Waals surface area contributed by atoms with Crippen molar-refractivity contribution in [2.24, 2.45) is 11.3 Å². The molecule has 15 heavy (non-hydrogen) atoms. The average Bonchev–Trinajstić information content (AvgIpc) is 2.68. The molecule has 0 aliphatic heterocycles. The van der Waals surface area contributed by atoms with Crippen molar-refractivity contribution in [2.45, 2.75) is 53.1 Å². The Bertz CT molecular complexity index is 236. The van der Waals surface area contributed by atoms with Gasteiger partial charge in [0.25, 0.3) is 0 Å². The first-order chi connectivity index (χ1) is 6.83. The van der Waals surface area contributed by atoms with E-state index in [2.05, 4.69) is 24.5 Å². The smallest absolute Gasteiger partial charge is 0.237 e. The molecule has 1 amide bonds. The maximum absolute atomic E-state index is 11.6. The van der Waals surface area contributed by atoms with Gasteiger partial charge in [0, 0.05) is 6.04 Å². The Morgan fingerprint density at radius 3 is 2.33 bits per heavy atom. The fourth-order valence-electron chi connectivity index (χ4n) is 1.75. The summed E-state index contributed by atoms with van der Waals surface area (Å²) in [6.45, 7) is 11.4. The van der Waals surface area contributed by atoms with Crippen molar-refractivity contribution < 1.29 is 4.79 Å². The van der Waals surface area contributed by atoms with Gasteiger partial charge in [0.1, 0.15) is 0 Å². The zero-order chi connectivity index (χ0) is 11.6. The van der Waals surface area contributed by atoms with E-state index in [1.54, 1.807) is 0 Å². The zero-order valence-electron chi connectivity index (χ0n) is 10.6. The van der Waals surface area contributed by atoms with Crippen molar-refractivity contribution in [2.75, 3.05) is 6.54 Å². The molecule has 0 aromatic rings. The molecular formula is C12H24N2O. The molecule has 1 aliphatic carbocycles. The van der Waals surface area contributed by atoms with Gasteiger partial charge in [0.2, 0.25) is 5.91 Å². The van der Waals surface area contributed by atoms with Crippen molar-refractivity contribution in [1.82, 2.24) is 10.6 Å². The van der Waals surface area contributed by atoms with Gasteiger partial charge in [-0.2, -0.15) is 0 Å². The Hall–Kier alpha value is -0.570. The average molecular weight is 212 g/mol. The van der Waals surface area contributed by atoms with Gasteiger partial charge in [0.15, 0.2) is 0 Å². The molecule has 0 saturated heterocycles. The lowest BCUT2D eigenvalue weighted by molar-refractivity contribution is -0.123. The first-order valence-corrected chi connectivity index (χ1v) is 5.86. The van der Waals surface area contributed by atoms with Crippen molar-refractivity contribution in [1.29, 1.82) is 0 Å². The van der Waals surface area contributed by atoms with Gasteiger partial charge in [-0.25, -0.2) is 0 Å². The molecule has 0 spiro atoms. The minimum Gasteiger partial charge on any atom is -0.353 e. The molecule has 2 atom stereocenters. The molecule has 2 N–H and O–H groups in total. The van der Waals surface area contributed by atoms with Gasteiger partial charge in [-0.3, -0.25) is 4.79 Å². The molecule has 1 fully saturated rings. The first-order valence-electron chi connectivity index (χ1n) is 5.86. The fraction of sp³-hybridized carbons (Fsp3) is 0.917. The lowest BCUT2D eigenvalue weighted by Gasteiger charge is -2.16. The highest BCUT2D eigenvalue weighted by molar-refractivity contribution is 5.81. The van der Waals surface area contributed by atoms with Crippen LogP contribution in [-0.4, -0.2) is 24.5 Å². The largest absolute Gasteiger partial charge is 0.353 e. The van der Waals surface area contributed by atoms with Crippen LogP contribution in [0.4, 0.5) is 0 Å². The fourth-order valence-corrected chi connectivity index (χ4v) is 1.75. The van der Waals surface area contributed by atoms with Crippen molar-refractivity contribution in [3.05, 3.63) is 0 Å². The summed E-state index contributed by atoms with van der Waals surface area (Å²) < 4.78 is 0. The van der Waals surface area contributed by atoms with E-state index in [0.29, 0.717) is 5.41 Å². The number of rotatable bonds is 5. The van der Waals surface area contributed by atoms with Gasteiger partial charge < -0.3 is 10.6 Å². The van der Waals surface area contributed by atoms with Crippen LogP contribution in [0.2, 0.25) is 0 Å². The summed E-state index contributed by atoms with van der Waals surface area (Å²) >= 11 is 0. The van der Waals surface area contributed by atoms with Crippen LogP contribution in [0, 0.1) is 11.3 Å². The Balaban J connectivity index is 2.19. The molecule has 0 radical (unpaired) electrons. The number of amides is 1. The lowest BCUT2D eigenvalue weighted by Crippen LogP contribution is -2.45. The van der Waals surface area contributed by atoms with Crippen molar-refractivity contribution >= 4 is 5.91 Å². The monoisotopic (exact) mass is 212 g/mol. The van der Waals surface area contributed by atoms with Crippen molar-refractivity contribution in [3.63, 3.8) is 0 Å². The maximum Gasteiger partial charge on any atom is 0.237 e. The molecule has 1 rings (SSSR count). The van der Waals surface area contributed by atoms with Crippen LogP contribution < -0.4 is 10.6 Å². The predicted octanol–water partition coefficient (Wildman–Crippen LogP) is 1.54. The Morgan fingerprint density at radius 2 is 1.93 bits per heavy atom. The summed E-state index contributed by atoms with van der Waals surface area (Å²) in [4.78, 5) is 11.6. The first kappa shape index (κ1) is 12.5. The number of hydrogen-bond donors (Lipinski definition) is 2. The summed E-state index contributed by atoms with van der Waals surface area (Å²) in [6, 6.07) is 0.142. The summed E-state index contributed by atoms with van der Waals surface area (Å²) in [6.07, 6.45) is 1.28. The lowest BCUT2D eigenvalue weighted by atomic mass is 10.1. The molecule has 1 saturated carbocycles. The third-order valence-electron chi connectivity index (χ3n) is 3.21. The second-order valence-electron chi connectivity index (χ2n) is 5.68. The van der Waals surface area contributed by atoms with E-state index in [9.17, 15) is 4.79 Å². The Morgan fingerprint density at radius 1 is 1.40 bits per heavy atom. The molecule has 0 aromatic carbocycles. The molecule has 3 heteroatoms. The van der Waals surface area contributed by atoms with Crippen LogP contribution in [0.25, 0.3) is 0 Å². The van der Waals surface area contributed by atoms with Crippen LogP contribution in [0.5, 0.6) is 0 Å². The predicted molar refractivity (Wildman–Crippen MR) is 62.6 cm³/mol. The van der Waals surface area contributed by atoms with Gasteiger partial charge in [-0.15, -0.1) is 0 Å². The van der Waals surface area contributed by atoms with Gasteiger partial charge in [0.05, 0.1) is 6.04 Å². The van der Waals surface area contributed by atoms with E-state index in [4.69, 9.17) is 0 Å². The highest BCUT2D eigenvalue weighted by Crippen LogP contribution is 2.50. The van der Waals surface area contributed by atoms with Gasteiger partial charge in [-0.1, -0.05) is 13.8 Å². The normalized spacial score (nSPS) is 25.1. The van der Waals surface area contributed by atoms with Crippen LogP contribution >= 0.6 is 0 Å². The summed E-state index contributed by atoms with van der Waals surface area (Å²) in [5.74, 6) is 0.843. The van der Waals surface area contributed by atoms with E-state index in [0.717, 1.165) is 12.5 Å². The molecule has 88 valence electrons. The summed E-state index contributed by atoms with van der Waals surface area (Å²) in [5.41, 5.74) is 0.487. The van der Waals surface area contributed by atoms with E-state index < -0.39 is 0 Å². The molecule has 1 aliphatic rings. The third-order valence-corrected chi connectivity index (χ3v) is 3.21. The van der Waals surface area contributed by atoms with Gasteiger partial charge >= 0.3 is 0 Å². The minimum absolute atomic E-state index is 0.0798. The van der Waals surface area contributed by atoms with Crippen molar-refractivity contribution in [3.8, 4) is 0 Å². The third kappa shape index (κ3) is 3.82. The number of carbonyl (C=O) groups excluding carboxylic acids is 1. The second kappa shape index (κ2) is 4.52. The van der Waals surface area contributed by atoms with Gasteiger partial charge in [-0.05, 0) is 45.1 Å². The molecule has 0 aromatic heterocycles. The standard InChI is InChI=1S/C12H24N2O/c1-8(2)14-11(15)9(3)13-7-10-6-12(10,4)5/h8-10,13H,6-7H2,1-5H3,(H,14,15). The highest BCUT2D eigenvalue weighted by atomic mass is 16.2. The van der Waals surface area contributed by atoms with E-state index in [-0.39, 0.29) is 18.0 Å². The Labute approximate surface area is 93.0 Å². The maximum atomic E-state index is 11.6. The second-order valence-corrected chi connectivity index (χ2v) is 5.68. The molecule has 2 unspecified atom stereocenters. The number of hydrogen-bond acceptors (Lipinski definition) is 2. The summed E-state index contributed by atoms with van der Waals surface area (Å²) in [5, 5.41) is 6.20. The molecule has 3 nitrogen and oxygen atoms in total. The molecule has 0 heterocycles. The van der Waals surface area contributed by atoms with Crippen LogP contribution in [0.1, 0.15) is 41.0 Å². The van der Waals surface area contributed by atoms with E-state index >= 15 is 0 Å². The molecule has 0 bridgehead atoms. The highest BCUT2D eigenvalue weighted by Gasteiger charge is 2.45. The minimum atomic E-state index is -0.0798. The van der Waals surface area contributed by atoms with E-state index in [1.165, 1.54) is 6.42 Å². The Kier molecular flexibility index (Phi) is 3.77.